The van der Waals surface area contributed by atoms with Crippen molar-refractivity contribution in [3.8, 4) is 11.5 Å². The van der Waals surface area contributed by atoms with Gasteiger partial charge in [0, 0.05) is 11.1 Å². The van der Waals surface area contributed by atoms with Crippen molar-refractivity contribution < 1.29 is 27.8 Å². The highest BCUT2D eigenvalue weighted by molar-refractivity contribution is 9.10. The fourth-order valence-electron chi connectivity index (χ4n) is 3.15. The Morgan fingerprint density at radius 1 is 1.06 bits per heavy atom. The number of carbonyl (C=O) groups is 1. The highest BCUT2D eigenvalue weighted by Crippen LogP contribution is 2.38. The Kier molecular flexibility index (Phi) is 6.84. The fraction of sp³-hybridized carbons (Fsp3) is 0.120. The van der Waals surface area contributed by atoms with Gasteiger partial charge in [-0.2, -0.15) is 0 Å². The zero-order valence-electron chi connectivity index (χ0n) is 17.5. The average molecular weight is 514 g/mol. The second-order valence-electron chi connectivity index (χ2n) is 6.99. The maximum atomic E-state index is 13.9. The third-order valence-electron chi connectivity index (χ3n) is 4.66. The van der Waals surface area contributed by atoms with Gasteiger partial charge < -0.3 is 14.2 Å². The minimum Gasteiger partial charge on any atom is -0.490 e. The Bertz CT molecular complexity index is 1270. The van der Waals surface area contributed by atoms with Gasteiger partial charge >= 0.3 is 5.97 Å². The lowest BCUT2D eigenvalue weighted by molar-refractivity contribution is -0.129. The molecule has 0 bridgehead atoms. The summed E-state index contributed by atoms with van der Waals surface area (Å²) in [6, 6.07) is 15.4. The number of ether oxygens (including phenoxy) is 3. The van der Waals surface area contributed by atoms with E-state index >= 15 is 0 Å². The first-order chi connectivity index (χ1) is 15.9. The first-order valence-electron chi connectivity index (χ1n) is 10.1. The SMILES string of the molecule is CCOc1cc(/C=C2\N=C(c3cccc(F)c3)OC2=O)cc(Br)c1OCc1ccccc1F. The van der Waals surface area contributed by atoms with E-state index in [9.17, 15) is 13.6 Å². The van der Waals surface area contributed by atoms with Crippen molar-refractivity contribution in [2.75, 3.05) is 6.61 Å². The van der Waals surface area contributed by atoms with Crippen molar-refractivity contribution in [2.24, 2.45) is 4.99 Å². The van der Waals surface area contributed by atoms with Gasteiger partial charge in [0.05, 0.1) is 11.1 Å². The van der Waals surface area contributed by atoms with Crippen LogP contribution in [0.25, 0.3) is 6.08 Å². The van der Waals surface area contributed by atoms with Gasteiger partial charge in [0.1, 0.15) is 18.2 Å². The van der Waals surface area contributed by atoms with E-state index in [-0.39, 0.29) is 24.0 Å². The number of rotatable bonds is 7. The molecule has 3 aromatic carbocycles. The molecule has 4 rings (SSSR count). The lowest BCUT2D eigenvalue weighted by atomic mass is 10.1. The summed E-state index contributed by atoms with van der Waals surface area (Å²) in [6.45, 7) is 2.20. The molecule has 0 fully saturated rings. The predicted molar refractivity (Wildman–Crippen MR) is 123 cm³/mol. The highest BCUT2D eigenvalue weighted by atomic mass is 79.9. The molecule has 0 amide bonds. The molecule has 5 nitrogen and oxygen atoms in total. The van der Waals surface area contributed by atoms with Crippen LogP contribution in [0.3, 0.4) is 0 Å². The number of aliphatic imine (C=N–C) groups is 1. The molecule has 1 aliphatic rings. The monoisotopic (exact) mass is 513 g/mol. The summed E-state index contributed by atoms with van der Waals surface area (Å²) in [6.07, 6.45) is 1.53. The zero-order valence-corrected chi connectivity index (χ0v) is 19.1. The summed E-state index contributed by atoms with van der Waals surface area (Å²) in [4.78, 5) is 16.5. The Hall–Kier alpha value is -3.52. The molecule has 1 heterocycles. The minimum atomic E-state index is -0.650. The molecule has 0 aromatic heterocycles. The van der Waals surface area contributed by atoms with E-state index in [1.165, 1.54) is 30.3 Å². The summed E-state index contributed by atoms with van der Waals surface area (Å²) in [5.41, 5.74) is 1.43. The summed E-state index contributed by atoms with van der Waals surface area (Å²) < 4.78 is 44.7. The Balaban J connectivity index is 1.62. The number of hydrogen-bond acceptors (Lipinski definition) is 5. The van der Waals surface area contributed by atoms with Crippen LogP contribution in [-0.4, -0.2) is 18.5 Å². The first kappa shape index (κ1) is 22.7. The average Bonchev–Trinajstić information content (AvgIpc) is 3.15. The van der Waals surface area contributed by atoms with Crippen molar-refractivity contribution in [2.45, 2.75) is 13.5 Å². The van der Waals surface area contributed by atoms with Crippen molar-refractivity contribution in [1.29, 1.82) is 0 Å². The molecular weight excluding hydrogens is 496 g/mol. The third-order valence-corrected chi connectivity index (χ3v) is 5.25. The van der Waals surface area contributed by atoms with E-state index in [2.05, 4.69) is 20.9 Å². The van der Waals surface area contributed by atoms with Gasteiger partial charge in [-0.3, -0.25) is 0 Å². The van der Waals surface area contributed by atoms with Crippen molar-refractivity contribution in [3.63, 3.8) is 0 Å². The topological polar surface area (TPSA) is 57.1 Å². The number of carbonyl (C=O) groups excluding carboxylic acids is 1. The van der Waals surface area contributed by atoms with Gasteiger partial charge in [0.25, 0.3) is 0 Å². The normalized spacial score (nSPS) is 14.2. The van der Waals surface area contributed by atoms with Crippen LogP contribution in [0.5, 0.6) is 11.5 Å². The van der Waals surface area contributed by atoms with Crippen molar-refractivity contribution in [1.82, 2.24) is 0 Å². The summed E-state index contributed by atoms with van der Waals surface area (Å²) >= 11 is 3.46. The van der Waals surface area contributed by atoms with Crippen LogP contribution in [0.15, 0.2) is 75.8 Å². The minimum absolute atomic E-state index is 0.0133. The number of benzene rings is 3. The van der Waals surface area contributed by atoms with Gasteiger partial charge in [-0.25, -0.2) is 18.6 Å². The Labute approximate surface area is 197 Å². The van der Waals surface area contributed by atoms with Crippen LogP contribution >= 0.6 is 15.9 Å². The number of esters is 1. The van der Waals surface area contributed by atoms with Crippen molar-refractivity contribution >= 4 is 33.9 Å². The number of hydrogen-bond donors (Lipinski definition) is 0. The van der Waals surface area contributed by atoms with Crippen LogP contribution < -0.4 is 9.47 Å². The van der Waals surface area contributed by atoms with Gasteiger partial charge in [-0.1, -0.05) is 24.3 Å². The maximum Gasteiger partial charge on any atom is 0.363 e. The summed E-state index contributed by atoms with van der Waals surface area (Å²) in [5, 5.41) is 0. The van der Waals surface area contributed by atoms with E-state index in [1.807, 2.05) is 6.92 Å². The molecule has 33 heavy (non-hydrogen) atoms. The first-order valence-corrected chi connectivity index (χ1v) is 10.8. The summed E-state index contributed by atoms with van der Waals surface area (Å²) in [7, 11) is 0. The molecule has 1 aliphatic heterocycles. The summed E-state index contributed by atoms with van der Waals surface area (Å²) in [5.74, 6) is -0.626. The van der Waals surface area contributed by atoms with Crippen LogP contribution in [0, 0.1) is 11.6 Å². The van der Waals surface area contributed by atoms with Crippen LogP contribution in [0.2, 0.25) is 0 Å². The molecule has 0 N–H and O–H groups in total. The van der Waals surface area contributed by atoms with Gasteiger partial charge in [0.15, 0.2) is 17.2 Å². The molecule has 3 aromatic rings. The molecular formula is C25H18BrF2NO4. The van der Waals surface area contributed by atoms with E-state index < -0.39 is 11.8 Å². The van der Waals surface area contributed by atoms with Crippen LogP contribution in [0.4, 0.5) is 8.78 Å². The van der Waals surface area contributed by atoms with E-state index in [0.29, 0.717) is 39.3 Å². The molecule has 0 unspecified atom stereocenters. The molecule has 0 saturated heterocycles. The van der Waals surface area contributed by atoms with Gasteiger partial charge in [-0.05, 0) is 70.9 Å². The van der Waals surface area contributed by atoms with Gasteiger partial charge in [-0.15, -0.1) is 0 Å². The number of cyclic esters (lactones) is 1. The lowest BCUT2D eigenvalue weighted by Crippen LogP contribution is -2.05. The van der Waals surface area contributed by atoms with E-state index in [4.69, 9.17) is 14.2 Å². The number of halogens is 3. The molecule has 0 saturated carbocycles. The smallest absolute Gasteiger partial charge is 0.363 e. The second-order valence-corrected chi connectivity index (χ2v) is 7.84. The quantitative estimate of drug-likeness (QED) is 0.285. The molecule has 8 heteroatoms. The van der Waals surface area contributed by atoms with Crippen LogP contribution in [0.1, 0.15) is 23.6 Å². The van der Waals surface area contributed by atoms with Crippen molar-refractivity contribution in [3.05, 3.63) is 99.2 Å². The molecule has 0 atom stereocenters. The molecule has 0 aliphatic carbocycles. The highest BCUT2D eigenvalue weighted by Gasteiger charge is 2.25. The lowest BCUT2D eigenvalue weighted by Gasteiger charge is -2.15. The maximum absolute atomic E-state index is 13.9. The molecule has 0 spiro atoms. The molecule has 0 radical (unpaired) electrons. The number of nitrogens with zero attached hydrogens (tertiary/aromatic N) is 1. The predicted octanol–water partition coefficient (Wildman–Crippen LogP) is 6.05. The standard InChI is InChI=1S/C25H18BrF2NO4/c1-2-31-22-12-15(10-19(26)23(22)32-14-17-6-3-4-9-20(17)28)11-21-25(30)33-24(29-21)16-7-5-8-18(27)13-16/h3-13H,2,14H2,1H3/b21-11-. The Morgan fingerprint density at radius 2 is 1.88 bits per heavy atom. The largest absolute Gasteiger partial charge is 0.490 e. The fourth-order valence-corrected chi connectivity index (χ4v) is 3.73. The second kappa shape index (κ2) is 9.95. The van der Waals surface area contributed by atoms with E-state index in [0.717, 1.165) is 0 Å². The van der Waals surface area contributed by atoms with Gasteiger partial charge in [0.2, 0.25) is 5.90 Å². The Morgan fingerprint density at radius 3 is 2.64 bits per heavy atom. The van der Waals surface area contributed by atoms with E-state index in [1.54, 1.807) is 36.4 Å². The zero-order chi connectivity index (χ0) is 23.4. The third kappa shape index (κ3) is 5.28. The van der Waals surface area contributed by atoms with Crippen LogP contribution in [-0.2, 0) is 16.1 Å². The molecule has 168 valence electrons.